The lowest BCUT2D eigenvalue weighted by Crippen LogP contribution is -2.26. The molecule has 0 aliphatic rings. The van der Waals surface area contributed by atoms with E-state index in [0.29, 0.717) is 10.6 Å². The van der Waals surface area contributed by atoms with Crippen LogP contribution in [0.4, 0.5) is 0 Å². The number of pyridine rings is 1. The molecular weight excluding hydrogens is 270 g/mol. The van der Waals surface area contributed by atoms with Gasteiger partial charge in [0.05, 0.1) is 6.04 Å². The molecule has 2 rings (SSSR count). The number of nitrogens with zero attached hydrogens (tertiary/aromatic N) is 1. The SMILES string of the molecule is CC(NC(=O)c1ccc(C(N)=S)cc1)c1ccncc1. The maximum absolute atomic E-state index is 12.1. The van der Waals surface area contributed by atoms with Gasteiger partial charge in [-0.05, 0) is 36.8 Å². The largest absolute Gasteiger partial charge is 0.389 e. The number of hydrogen-bond acceptors (Lipinski definition) is 3. The van der Waals surface area contributed by atoms with Gasteiger partial charge in [-0.15, -0.1) is 0 Å². The Balaban J connectivity index is 2.06. The van der Waals surface area contributed by atoms with Crippen molar-refractivity contribution in [3.63, 3.8) is 0 Å². The summed E-state index contributed by atoms with van der Waals surface area (Å²) in [7, 11) is 0. The number of amides is 1. The molecule has 5 heteroatoms. The monoisotopic (exact) mass is 285 g/mol. The van der Waals surface area contributed by atoms with E-state index in [4.69, 9.17) is 18.0 Å². The standard InChI is InChI=1S/C15H15N3OS/c1-10(11-6-8-17-9-7-11)18-15(19)13-4-2-12(3-5-13)14(16)20/h2-10H,1H3,(H2,16,20)(H,18,19). The summed E-state index contributed by atoms with van der Waals surface area (Å²) in [5.74, 6) is -0.135. The van der Waals surface area contributed by atoms with E-state index in [-0.39, 0.29) is 11.9 Å². The van der Waals surface area contributed by atoms with Crippen LogP contribution < -0.4 is 11.1 Å². The predicted molar refractivity (Wildman–Crippen MR) is 82.4 cm³/mol. The first kappa shape index (κ1) is 14.1. The fourth-order valence-electron chi connectivity index (χ4n) is 1.80. The summed E-state index contributed by atoms with van der Waals surface area (Å²) >= 11 is 4.88. The molecule has 0 radical (unpaired) electrons. The highest BCUT2D eigenvalue weighted by Gasteiger charge is 2.11. The smallest absolute Gasteiger partial charge is 0.251 e. The molecule has 20 heavy (non-hydrogen) atoms. The van der Waals surface area contributed by atoms with Crippen LogP contribution >= 0.6 is 12.2 Å². The van der Waals surface area contributed by atoms with E-state index in [2.05, 4.69) is 10.3 Å². The van der Waals surface area contributed by atoms with Crippen molar-refractivity contribution < 1.29 is 4.79 Å². The Morgan fingerprint density at radius 1 is 1.15 bits per heavy atom. The predicted octanol–water partition coefficient (Wildman–Crippen LogP) is 2.21. The van der Waals surface area contributed by atoms with E-state index in [0.717, 1.165) is 11.1 Å². The van der Waals surface area contributed by atoms with Crippen molar-refractivity contribution in [2.24, 2.45) is 5.73 Å². The second-order valence-electron chi connectivity index (χ2n) is 4.42. The third-order valence-corrected chi connectivity index (χ3v) is 3.22. The summed E-state index contributed by atoms with van der Waals surface area (Å²) in [6.45, 7) is 1.93. The summed E-state index contributed by atoms with van der Waals surface area (Å²) < 4.78 is 0. The fraction of sp³-hybridized carbons (Fsp3) is 0.133. The summed E-state index contributed by atoms with van der Waals surface area (Å²) in [4.78, 5) is 16.4. The van der Waals surface area contributed by atoms with Crippen LogP contribution in [0.15, 0.2) is 48.8 Å². The van der Waals surface area contributed by atoms with Crippen LogP contribution in [0.25, 0.3) is 0 Å². The van der Waals surface area contributed by atoms with E-state index in [1.165, 1.54) is 0 Å². The number of hydrogen-bond donors (Lipinski definition) is 2. The fourth-order valence-corrected chi connectivity index (χ4v) is 1.94. The number of nitrogens with one attached hydrogen (secondary N) is 1. The third-order valence-electron chi connectivity index (χ3n) is 2.99. The van der Waals surface area contributed by atoms with E-state index in [1.54, 1.807) is 36.7 Å². The molecule has 0 saturated heterocycles. The summed E-state index contributed by atoms with van der Waals surface area (Å²) in [5, 5.41) is 2.93. The van der Waals surface area contributed by atoms with Crippen LogP contribution in [0.1, 0.15) is 34.5 Å². The number of carbonyl (C=O) groups is 1. The molecule has 1 unspecified atom stereocenters. The lowest BCUT2D eigenvalue weighted by atomic mass is 10.1. The van der Waals surface area contributed by atoms with Crippen LogP contribution in [0.3, 0.4) is 0 Å². The van der Waals surface area contributed by atoms with Gasteiger partial charge in [0.15, 0.2) is 0 Å². The van der Waals surface area contributed by atoms with Gasteiger partial charge in [-0.1, -0.05) is 24.4 Å². The van der Waals surface area contributed by atoms with Gasteiger partial charge in [-0.3, -0.25) is 9.78 Å². The Labute approximate surface area is 123 Å². The van der Waals surface area contributed by atoms with Gasteiger partial charge in [0.1, 0.15) is 4.99 Å². The van der Waals surface area contributed by atoms with Crippen LogP contribution in [-0.2, 0) is 0 Å². The highest BCUT2D eigenvalue weighted by molar-refractivity contribution is 7.80. The first-order valence-electron chi connectivity index (χ1n) is 6.18. The highest BCUT2D eigenvalue weighted by atomic mass is 32.1. The van der Waals surface area contributed by atoms with Crippen molar-refractivity contribution in [3.05, 3.63) is 65.5 Å². The van der Waals surface area contributed by atoms with Gasteiger partial charge in [-0.25, -0.2) is 0 Å². The molecule has 0 aliphatic carbocycles. The van der Waals surface area contributed by atoms with Gasteiger partial charge in [-0.2, -0.15) is 0 Å². The van der Waals surface area contributed by atoms with Crippen molar-refractivity contribution in [1.82, 2.24) is 10.3 Å². The summed E-state index contributed by atoms with van der Waals surface area (Å²) in [6, 6.07) is 10.6. The molecule has 4 nitrogen and oxygen atoms in total. The zero-order chi connectivity index (χ0) is 14.5. The van der Waals surface area contributed by atoms with E-state index in [9.17, 15) is 4.79 Å². The van der Waals surface area contributed by atoms with Gasteiger partial charge in [0, 0.05) is 23.5 Å². The molecule has 1 atom stereocenters. The lowest BCUT2D eigenvalue weighted by molar-refractivity contribution is 0.0940. The molecule has 0 aliphatic heterocycles. The summed E-state index contributed by atoms with van der Waals surface area (Å²) in [6.07, 6.45) is 3.41. The topological polar surface area (TPSA) is 68.0 Å². The Morgan fingerprint density at radius 2 is 1.70 bits per heavy atom. The Bertz CT molecular complexity index is 611. The van der Waals surface area contributed by atoms with E-state index >= 15 is 0 Å². The van der Waals surface area contributed by atoms with Crippen molar-refractivity contribution in [2.45, 2.75) is 13.0 Å². The normalized spacial score (nSPS) is 11.7. The van der Waals surface area contributed by atoms with Crippen LogP contribution in [0.2, 0.25) is 0 Å². The first-order valence-corrected chi connectivity index (χ1v) is 6.59. The average Bonchev–Trinajstić information content (AvgIpc) is 2.48. The molecule has 1 aromatic heterocycles. The number of thiocarbonyl (C=S) groups is 1. The van der Waals surface area contributed by atoms with Crippen LogP contribution in [0.5, 0.6) is 0 Å². The molecule has 1 amide bonds. The molecule has 102 valence electrons. The molecule has 3 N–H and O–H groups in total. The van der Waals surface area contributed by atoms with E-state index < -0.39 is 0 Å². The molecule has 2 aromatic rings. The maximum Gasteiger partial charge on any atom is 0.251 e. The minimum absolute atomic E-state index is 0.0826. The zero-order valence-corrected chi connectivity index (χ0v) is 11.9. The first-order chi connectivity index (χ1) is 9.58. The molecular formula is C15H15N3OS. The van der Waals surface area contributed by atoms with Crippen molar-refractivity contribution >= 4 is 23.1 Å². The molecule has 0 spiro atoms. The third kappa shape index (κ3) is 3.39. The van der Waals surface area contributed by atoms with E-state index in [1.807, 2.05) is 19.1 Å². The number of carbonyl (C=O) groups excluding carboxylic acids is 1. The van der Waals surface area contributed by atoms with Gasteiger partial charge in [0.2, 0.25) is 0 Å². The maximum atomic E-state index is 12.1. The quantitative estimate of drug-likeness (QED) is 0.845. The minimum atomic E-state index is -0.135. The molecule has 0 bridgehead atoms. The van der Waals surface area contributed by atoms with Gasteiger partial charge < -0.3 is 11.1 Å². The Morgan fingerprint density at radius 3 is 2.25 bits per heavy atom. The van der Waals surface area contributed by atoms with Crippen LogP contribution in [0, 0.1) is 0 Å². The molecule has 0 saturated carbocycles. The number of aromatic nitrogens is 1. The van der Waals surface area contributed by atoms with Crippen molar-refractivity contribution in [2.75, 3.05) is 0 Å². The zero-order valence-electron chi connectivity index (χ0n) is 11.0. The van der Waals surface area contributed by atoms with Crippen molar-refractivity contribution in [3.8, 4) is 0 Å². The summed E-state index contributed by atoms with van der Waals surface area (Å²) in [5.41, 5.74) is 7.85. The number of nitrogens with two attached hydrogens (primary N) is 1. The molecule has 1 heterocycles. The van der Waals surface area contributed by atoms with Crippen molar-refractivity contribution in [1.29, 1.82) is 0 Å². The van der Waals surface area contributed by atoms with Gasteiger partial charge >= 0.3 is 0 Å². The highest BCUT2D eigenvalue weighted by Crippen LogP contribution is 2.12. The van der Waals surface area contributed by atoms with Crippen LogP contribution in [-0.4, -0.2) is 15.9 Å². The lowest BCUT2D eigenvalue weighted by Gasteiger charge is -2.14. The molecule has 0 fully saturated rings. The minimum Gasteiger partial charge on any atom is -0.389 e. The number of benzene rings is 1. The number of rotatable bonds is 4. The Hall–Kier alpha value is -2.27. The molecule has 1 aromatic carbocycles. The second kappa shape index (κ2) is 6.25. The van der Waals surface area contributed by atoms with Gasteiger partial charge in [0.25, 0.3) is 5.91 Å². The second-order valence-corrected chi connectivity index (χ2v) is 4.86. The average molecular weight is 285 g/mol. The Kier molecular flexibility index (Phi) is 4.42.